The lowest BCUT2D eigenvalue weighted by molar-refractivity contribution is 0.0924. The second-order valence-corrected chi connectivity index (χ2v) is 4.53. The maximum Gasteiger partial charge on any atom is 0.251 e. The molecule has 0 heterocycles. The van der Waals surface area contributed by atoms with E-state index in [0.717, 1.165) is 25.7 Å². The van der Waals surface area contributed by atoms with Crippen LogP contribution < -0.4 is 5.32 Å². The number of nitrogens with one attached hydrogen (secondary N) is 1. The van der Waals surface area contributed by atoms with Crippen LogP contribution in [0.1, 0.15) is 36.0 Å². The number of hydrogen-bond donors (Lipinski definition) is 1. The summed E-state index contributed by atoms with van der Waals surface area (Å²) < 4.78 is 0. The van der Waals surface area contributed by atoms with Crippen molar-refractivity contribution in [1.29, 1.82) is 5.26 Å². The van der Waals surface area contributed by atoms with E-state index in [4.69, 9.17) is 5.26 Å². The minimum absolute atomic E-state index is 0.0332. The van der Waals surface area contributed by atoms with Crippen molar-refractivity contribution in [3.05, 3.63) is 35.9 Å². The summed E-state index contributed by atoms with van der Waals surface area (Å²) in [5.74, 6) is 0.0685. The van der Waals surface area contributed by atoms with Gasteiger partial charge in [0.25, 0.3) is 5.91 Å². The number of nitrogens with zero attached hydrogens (tertiary/aromatic N) is 1. The number of carbonyl (C=O) groups excluding carboxylic acids is 1. The highest BCUT2D eigenvalue weighted by molar-refractivity contribution is 5.94. The van der Waals surface area contributed by atoms with Crippen molar-refractivity contribution >= 4 is 5.91 Å². The molecular formula is C14H16N2O. The van der Waals surface area contributed by atoms with Crippen LogP contribution in [-0.2, 0) is 0 Å². The highest BCUT2D eigenvalue weighted by Gasteiger charge is 2.23. The maximum atomic E-state index is 11.9. The molecular weight excluding hydrogens is 212 g/mol. The minimum Gasteiger partial charge on any atom is -0.349 e. The Hall–Kier alpha value is -1.82. The summed E-state index contributed by atoms with van der Waals surface area (Å²) in [5.41, 5.74) is 0.687. The average molecular weight is 228 g/mol. The summed E-state index contributed by atoms with van der Waals surface area (Å²) in [4.78, 5) is 11.9. The van der Waals surface area contributed by atoms with Crippen LogP contribution in [0.15, 0.2) is 30.3 Å². The van der Waals surface area contributed by atoms with E-state index >= 15 is 0 Å². The lowest BCUT2D eigenvalue weighted by Gasteiger charge is -2.26. The van der Waals surface area contributed by atoms with E-state index in [1.165, 1.54) is 0 Å². The van der Waals surface area contributed by atoms with Gasteiger partial charge in [-0.3, -0.25) is 4.79 Å². The molecule has 2 atom stereocenters. The number of nitriles is 1. The molecule has 1 aliphatic rings. The Morgan fingerprint density at radius 1 is 1.29 bits per heavy atom. The van der Waals surface area contributed by atoms with Crippen molar-refractivity contribution in [2.24, 2.45) is 5.92 Å². The zero-order valence-corrected chi connectivity index (χ0v) is 9.73. The molecule has 0 aromatic heterocycles. The highest BCUT2D eigenvalue weighted by Crippen LogP contribution is 2.23. The first-order chi connectivity index (χ1) is 8.29. The Labute approximate surface area is 101 Å². The second kappa shape index (κ2) is 5.49. The molecule has 88 valence electrons. The predicted molar refractivity (Wildman–Crippen MR) is 65.3 cm³/mol. The third-order valence-corrected chi connectivity index (χ3v) is 3.23. The van der Waals surface area contributed by atoms with Crippen molar-refractivity contribution in [3.63, 3.8) is 0 Å². The van der Waals surface area contributed by atoms with E-state index in [2.05, 4.69) is 11.4 Å². The molecule has 3 nitrogen and oxygen atoms in total. The first kappa shape index (κ1) is 11.7. The monoisotopic (exact) mass is 228 g/mol. The third kappa shape index (κ3) is 3.07. The largest absolute Gasteiger partial charge is 0.349 e. The molecule has 1 N–H and O–H groups in total. The van der Waals surface area contributed by atoms with Gasteiger partial charge >= 0.3 is 0 Å². The molecule has 1 aliphatic carbocycles. The maximum absolute atomic E-state index is 11.9. The summed E-state index contributed by atoms with van der Waals surface area (Å²) in [5, 5.41) is 11.9. The van der Waals surface area contributed by atoms with Gasteiger partial charge in [0.05, 0.1) is 6.07 Å². The first-order valence-electron chi connectivity index (χ1n) is 6.05. The van der Waals surface area contributed by atoms with Gasteiger partial charge in [0.1, 0.15) is 0 Å². The smallest absolute Gasteiger partial charge is 0.251 e. The Kier molecular flexibility index (Phi) is 3.77. The molecule has 1 aromatic carbocycles. The van der Waals surface area contributed by atoms with Gasteiger partial charge < -0.3 is 5.32 Å². The number of rotatable bonds is 2. The Morgan fingerprint density at radius 2 is 2.06 bits per heavy atom. The van der Waals surface area contributed by atoms with Crippen LogP contribution in [0.4, 0.5) is 0 Å². The number of hydrogen-bond acceptors (Lipinski definition) is 2. The van der Waals surface area contributed by atoms with Gasteiger partial charge in [-0.1, -0.05) is 24.6 Å². The Bertz CT molecular complexity index is 422. The van der Waals surface area contributed by atoms with Crippen LogP contribution in [0.2, 0.25) is 0 Å². The van der Waals surface area contributed by atoms with E-state index in [-0.39, 0.29) is 17.9 Å². The van der Waals surface area contributed by atoms with E-state index in [1.54, 1.807) is 12.1 Å². The van der Waals surface area contributed by atoms with Gasteiger partial charge in [0.15, 0.2) is 0 Å². The number of amides is 1. The Balaban J connectivity index is 1.93. The molecule has 0 radical (unpaired) electrons. The van der Waals surface area contributed by atoms with E-state index in [1.807, 2.05) is 18.2 Å². The van der Waals surface area contributed by atoms with Gasteiger partial charge in [0.2, 0.25) is 0 Å². The van der Waals surface area contributed by atoms with E-state index < -0.39 is 0 Å². The molecule has 0 spiro atoms. The molecule has 0 aliphatic heterocycles. The van der Waals surface area contributed by atoms with Gasteiger partial charge in [-0.15, -0.1) is 0 Å². The van der Waals surface area contributed by atoms with Crippen molar-refractivity contribution in [3.8, 4) is 6.07 Å². The summed E-state index contributed by atoms with van der Waals surface area (Å²) in [6, 6.07) is 11.7. The van der Waals surface area contributed by atoms with Crippen molar-refractivity contribution in [2.75, 3.05) is 0 Å². The molecule has 0 saturated heterocycles. The zero-order valence-electron chi connectivity index (χ0n) is 9.73. The number of carbonyl (C=O) groups is 1. The fraction of sp³-hybridized carbons (Fsp3) is 0.429. The molecule has 1 saturated carbocycles. The van der Waals surface area contributed by atoms with Gasteiger partial charge in [0, 0.05) is 17.5 Å². The van der Waals surface area contributed by atoms with Crippen molar-refractivity contribution in [2.45, 2.75) is 31.7 Å². The van der Waals surface area contributed by atoms with Crippen molar-refractivity contribution < 1.29 is 4.79 Å². The molecule has 1 fully saturated rings. The molecule has 0 unspecified atom stereocenters. The minimum atomic E-state index is -0.0332. The predicted octanol–water partition coefficient (Wildman–Crippen LogP) is 2.50. The molecule has 0 bridgehead atoms. The van der Waals surface area contributed by atoms with Crippen LogP contribution in [0.5, 0.6) is 0 Å². The highest BCUT2D eigenvalue weighted by atomic mass is 16.1. The quantitative estimate of drug-likeness (QED) is 0.845. The fourth-order valence-corrected chi connectivity index (χ4v) is 2.30. The number of benzene rings is 1. The third-order valence-electron chi connectivity index (χ3n) is 3.23. The van der Waals surface area contributed by atoms with Gasteiger partial charge in [-0.05, 0) is 31.4 Å². The Morgan fingerprint density at radius 3 is 2.76 bits per heavy atom. The first-order valence-corrected chi connectivity index (χ1v) is 6.05. The van der Waals surface area contributed by atoms with Crippen LogP contribution in [0, 0.1) is 17.2 Å². The van der Waals surface area contributed by atoms with Gasteiger partial charge in [-0.2, -0.15) is 5.26 Å². The average Bonchev–Trinajstić information content (AvgIpc) is 2.40. The second-order valence-electron chi connectivity index (χ2n) is 4.53. The molecule has 1 amide bonds. The van der Waals surface area contributed by atoms with Crippen LogP contribution >= 0.6 is 0 Å². The summed E-state index contributed by atoms with van der Waals surface area (Å²) in [6.45, 7) is 0. The lowest BCUT2D eigenvalue weighted by atomic mass is 9.86. The standard InChI is InChI=1S/C14H16N2O/c15-10-11-5-4-8-13(9-11)16-14(17)12-6-2-1-3-7-12/h1-3,6-7,11,13H,4-5,8-9H2,(H,16,17)/t11-,13+/m1/s1. The topological polar surface area (TPSA) is 52.9 Å². The zero-order chi connectivity index (χ0) is 12.1. The van der Waals surface area contributed by atoms with Crippen LogP contribution in [0.3, 0.4) is 0 Å². The van der Waals surface area contributed by atoms with Crippen LogP contribution in [0.25, 0.3) is 0 Å². The molecule has 3 heteroatoms. The SMILES string of the molecule is N#C[C@@H]1CCC[C@H](NC(=O)c2ccccc2)C1. The van der Waals surface area contributed by atoms with Crippen molar-refractivity contribution in [1.82, 2.24) is 5.32 Å². The van der Waals surface area contributed by atoms with E-state index in [0.29, 0.717) is 5.56 Å². The lowest BCUT2D eigenvalue weighted by Crippen LogP contribution is -2.38. The summed E-state index contributed by atoms with van der Waals surface area (Å²) >= 11 is 0. The van der Waals surface area contributed by atoms with E-state index in [9.17, 15) is 4.79 Å². The molecule has 17 heavy (non-hydrogen) atoms. The summed E-state index contributed by atoms with van der Waals surface area (Å²) in [6.07, 6.45) is 3.76. The molecule has 2 rings (SSSR count). The summed E-state index contributed by atoms with van der Waals surface area (Å²) in [7, 11) is 0. The van der Waals surface area contributed by atoms with Gasteiger partial charge in [-0.25, -0.2) is 0 Å². The fourth-order valence-electron chi connectivity index (χ4n) is 2.30. The molecule has 1 aromatic rings. The van der Waals surface area contributed by atoms with Crippen LogP contribution in [-0.4, -0.2) is 11.9 Å². The normalized spacial score (nSPS) is 23.7.